The number of carboxylic acids is 1. The monoisotopic (exact) mass is 387 g/mol. The van der Waals surface area contributed by atoms with Gasteiger partial charge in [-0.25, -0.2) is 4.98 Å². The van der Waals surface area contributed by atoms with Crippen molar-refractivity contribution in [2.75, 3.05) is 20.0 Å². The first-order valence-electron chi connectivity index (χ1n) is 7.75. The molecule has 26 heavy (non-hydrogen) atoms. The van der Waals surface area contributed by atoms with Crippen LogP contribution in [0.5, 0.6) is 11.5 Å². The molecular formula is C19H17NO4S2. The standard InChI is InChI=1S/C19H17NO4S2/c1-23-14-7-3-12(4-8-14)17-18(13-5-9-15(24-2)10-6-13)26-19(20-17)25-11-16(21)22/h3-10H,11H2,1-2H3,(H,21,22). The lowest BCUT2D eigenvalue weighted by Crippen LogP contribution is -1.96. The molecule has 2 aromatic carbocycles. The van der Waals surface area contributed by atoms with Crippen molar-refractivity contribution in [2.45, 2.75) is 4.34 Å². The van der Waals surface area contributed by atoms with E-state index in [1.54, 1.807) is 14.2 Å². The molecular weight excluding hydrogens is 370 g/mol. The number of ether oxygens (including phenoxy) is 2. The Balaban J connectivity index is 2.02. The van der Waals surface area contributed by atoms with Crippen LogP contribution >= 0.6 is 23.1 Å². The van der Waals surface area contributed by atoms with Gasteiger partial charge in [-0.3, -0.25) is 4.79 Å². The zero-order chi connectivity index (χ0) is 18.5. The van der Waals surface area contributed by atoms with E-state index < -0.39 is 5.97 Å². The van der Waals surface area contributed by atoms with Crippen molar-refractivity contribution in [3.8, 4) is 33.2 Å². The number of carboxylic acid groups (broad SMARTS) is 1. The van der Waals surface area contributed by atoms with Gasteiger partial charge in [0.1, 0.15) is 11.5 Å². The molecule has 0 atom stereocenters. The molecule has 1 heterocycles. The molecule has 0 fully saturated rings. The fourth-order valence-electron chi connectivity index (χ4n) is 2.37. The Morgan fingerprint density at radius 2 is 1.54 bits per heavy atom. The molecule has 7 heteroatoms. The van der Waals surface area contributed by atoms with Crippen molar-refractivity contribution in [3.63, 3.8) is 0 Å². The molecule has 0 bridgehead atoms. The van der Waals surface area contributed by atoms with Gasteiger partial charge in [0.25, 0.3) is 0 Å². The minimum Gasteiger partial charge on any atom is -0.497 e. The number of thiazole rings is 1. The topological polar surface area (TPSA) is 68.7 Å². The van der Waals surface area contributed by atoms with Crippen molar-refractivity contribution >= 4 is 29.1 Å². The van der Waals surface area contributed by atoms with Gasteiger partial charge < -0.3 is 14.6 Å². The van der Waals surface area contributed by atoms with Crippen LogP contribution in [0.2, 0.25) is 0 Å². The van der Waals surface area contributed by atoms with Crippen molar-refractivity contribution < 1.29 is 19.4 Å². The van der Waals surface area contributed by atoms with Crippen molar-refractivity contribution in [1.82, 2.24) is 4.98 Å². The summed E-state index contributed by atoms with van der Waals surface area (Å²) >= 11 is 2.72. The lowest BCUT2D eigenvalue weighted by Gasteiger charge is -2.05. The maximum atomic E-state index is 10.9. The second-order valence-electron chi connectivity index (χ2n) is 5.30. The van der Waals surface area contributed by atoms with E-state index in [0.29, 0.717) is 0 Å². The highest BCUT2D eigenvalue weighted by molar-refractivity contribution is 8.01. The minimum atomic E-state index is -0.859. The number of hydrogen-bond donors (Lipinski definition) is 1. The quantitative estimate of drug-likeness (QED) is 0.594. The minimum absolute atomic E-state index is 0.0163. The number of methoxy groups -OCH3 is 2. The number of nitrogens with zero attached hydrogens (tertiary/aromatic N) is 1. The Hall–Kier alpha value is -2.51. The van der Waals surface area contributed by atoms with Crippen LogP contribution in [0.25, 0.3) is 21.7 Å². The highest BCUT2D eigenvalue weighted by Crippen LogP contribution is 2.41. The highest BCUT2D eigenvalue weighted by Gasteiger charge is 2.16. The van der Waals surface area contributed by atoms with Crippen molar-refractivity contribution in [2.24, 2.45) is 0 Å². The number of hydrogen-bond acceptors (Lipinski definition) is 6. The van der Waals surface area contributed by atoms with Gasteiger partial charge in [0.15, 0.2) is 4.34 Å². The molecule has 1 N–H and O–H groups in total. The Kier molecular flexibility index (Phi) is 5.80. The average Bonchev–Trinajstić information content (AvgIpc) is 3.11. The largest absolute Gasteiger partial charge is 0.497 e. The molecule has 1 aromatic heterocycles. The van der Waals surface area contributed by atoms with E-state index in [4.69, 9.17) is 14.6 Å². The molecule has 5 nitrogen and oxygen atoms in total. The third kappa shape index (κ3) is 4.17. The molecule has 0 amide bonds. The molecule has 0 aliphatic carbocycles. The molecule has 0 radical (unpaired) electrons. The Morgan fingerprint density at radius 1 is 1.00 bits per heavy atom. The Morgan fingerprint density at radius 3 is 2.04 bits per heavy atom. The van der Waals surface area contributed by atoms with E-state index in [0.717, 1.165) is 37.5 Å². The van der Waals surface area contributed by atoms with Crippen molar-refractivity contribution in [1.29, 1.82) is 0 Å². The van der Waals surface area contributed by atoms with Gasteiger partial charge in [-0.2, -0.15) is 0 Å². The van der Waals surface area contributed by atoms with Crippen LogP contribution < -0.4 is 9.47 Å². The first-order chi connectivity index (χ1) is 12.6. The van der Waals surface area contributed by atoms with Gasteiger partial charge in [0.05, 0.1) is 30.5 Å². The Labute approximate surface area is 159 Å². The molecule has 0 saturated heterocycles. The third-order valence-electron chi connectivity index (χ3n) is 3.64. The molecule has 0 spiro atoms. The molecule has 134 valence electrons. The van der Waals surface area contributed by atoms with Crippen LogP contribution in [0.4, 0.5) is 0 Å². The fraction of sp³-hybridized carbons (Fsp3) is 0.158. The number of carbonyl (C=O) groups is 1. The molecule has 0 unspecified atom stereocenters. The van der Waals surface area contributed by atoms with E-state index in [1.165, 1.54) is 23.1 Å². The molecule has 3 aromatic rings. The van der Waals surface area contributed by atoms with Crippen LogP contribution in [-0.2, 0) is 4.79 Å². The smallest absolute Gasteiger partial charge is 0.313 e. The maximum absolute atomic E-state index is 10.9. The summed E-state index contributed by atoms with van der Waals surface area (Å²) < 4.78 is 11.2. The molecule has 3 rings (SSSR count). The normalized spacial score (nSPS) is 10.5. The van der Waals surface area contributed by atoms with Gasteiger partial charge >= 0.3 is 5.97 Å². The average molecular weight is 387 g/mol. The van der Waals surface area contributed by atoms with E-state index in [-0.39, 0.29) is 5.75 Å². The summed E-state index contributed by atoms with van der Waals surface area (Å²) in [6.07, 6.45) is 0. The summed E-state index contributed by atoms with van der Waals surface area (Å²) in [5.74, 6) is 0.680. The Bertz CT molecular complexity index is 824. The van der Waals surface area contributed by atoms with Gasteiger partial charge in [-0.05, 0) is 54.1 Å². The predicted octanol–water partition coefficient (Wildman–Crippen LogP) is 4.67. The number of aromatic nitrogens is 1. The fourth-order valence-corrected chi connectivity index (χ4v) is 4.26. The van der Waals surface area contributed by atoms with E-state index >= 15 is 0 Å². The van der Waals surface area contributed by atoms with Crippen LogP contribution in [0.1, 0.15) is 0 Å². The molecule has 0 aliphatic heterocycles. The summed E-state index contributed by atoms with van der Waals surface area (Å²) in [6.45, 7) is 0. The lowest BCUT2D eigenvalue weighted by atomic mass is 10.1. The number of benzene rings is 2. The molecule has 0 saturated carbocycles. The molecule has 0 aliphatic rings. The highest BCUT2D eigenvalue weighted by atomic mass is 32.2. The van der Waals surface area contributed by atoms with Crippen LogP contribution in [-0.4, -0.2) is 36.0 Å². The SMILES string of the molecule is COc1ccc(-c2nc(SCC(=O)O)sc2-c2ccc(OC)cc2)cc1. The zero-order valence-electron chi connectivity index (χ0n) is 14.3. The summed E-state index contributed by atoms with van der Waals surface area (Å²) in [5.41, 5.74) is 2.79. The van der Waals surface area contributed by atoms with Gasteiger partial charge in [-0.15, -0.1) is 11.3 Å². The van der Waals surface area contributed by atoms with Gasteiger partial charge in [-0.1, -0.05) is 11.8 Å². The maximum Gasteiger partial charge on any atom is 0.313 e. The third-order valence-corrected chi connectivity index (χ3v) is 5.87. The lowest BCUT2D eigenvalue weighted by molar-refractivity contribution is -0.133. The van der Waals surface area contributed by atoms with Crippen molar-refractivity contribution in [3.05, 3.63) is 48.5 Å². The second kappa shape index (κ2) is 8.25. The second-order valence-corrected chi connectivity index (χ2v) is 7.52. The predicted molar refractivity (Wildman–Crippen MR) is 104 cm³/mol. The van der Waals surface area contributed by atoms with Gasteiger partial charge in [0.2, 0.25) is 0 Å². The van der Waals surface area contributed by atoms with E-state index in [2.05, 4.69) is 4.98 Å². The van der Waals surface area contributed by atoms with Crippen LogP contribution in [0.15, 0.2) is 52.9 Å². The number of rotatable bonds is 7. The first kappa shape index (κ1) is 18.3. The van der Waals surface area contributed by atoms with E-state index in [1.807, 2.05) is 48.5 Å². The van der Waals surface area contributed by atoms with E-state index in [9.17, 15) is 4.79 Å². The summed E-state index contributed by atoms with van der Waals surface area (Å²) in [5, 5.41) is 8.93. The van der Waals surface area contributed by atoms with Gasteiger partial charge in [0, 0.05) is 5.56 Å². The zero-order valence-corrected chi connectivity index (χ0v) is 15.9. The summed E-state index contributed by atoms with van der Waals surface area (Å²) in [6, 6.07) is 15.4. The number of aliphatic carboxylic acids is 1. The number of thioether (sulfide) groups is 1. The van der Waals surface area contributed by atoms with Crippen LogP contribution in [0, 0.1) is 0 Å². The van der Waals surface area contributed by atoms with Crippen LogP contribution in [0.3, 0.4) is 0 Å². The summed E-state index contributed by atoms with van der Waals surface area (Å²) in [7, 11) is 3.26. The summed E-state index contributed by atoms with van der Waals surface area (Å²) in [4.78, 5) is 16.5. The first-order valence-corrected chi connectivity index (χ1v) is 9.55.